The molecule has 3 fully saturated rings. The molecule has 3 saturated carbocycles. The van der Waals surface area contributed by atoms with E-state index in [1.165, 1.54) is 45.1 Å². The van der Waals surface area contributed by atoms with Crippen LogP contribution in [-0.2, 0) is 0 Å². The van der Waals surface area contributed by atoms with Crippen molar-refractivity contribution in [1.29, 1.82) is 0 Å². The van der Waals surface area contributed by atoms with Crippen molar-refractivity contribution in [2.24, 2.45) is 29.6 Å². The van der Waals surface area contributed by atoms with Crippen LogP contribution in [0, 0.1) is 29.6 Å². The van der Waals surface area contributed by atoms with Crippen molar-refractivity contribution in [3.8, 4) is 0 Å². The minimum atomic E-state index is 0.871. The summed E-state index contributed by atoms with van der Waals surface area (Å²) in [6, 6.07) is 0.871. The Morgan fingerprint density at radius 2 is 1.68 bits per heavy atom. The lowest BCUT2D eigenvalue weighted by Gasteiger charge is -2.22. The lowest BCUT2D eigenvalue weighted by Crippen LogP contribution is -2.34. The third kappa shape index (κ3) is 2.73. The van der Waals surface area contributed by atoms with E-state index >= 15 is 0 Å². The summed E-state index contributed by atoms with van der Waals surface area (Å²) in [6.45, 7) is 5.86. The topological polar surface area (TPSA) is 12.0 Å². The van der Waals surface area contributed by atoms with Crippen LogP contribution in [0.4, 0.5) is 0 Å². The van der Waals surface area contributed by atoms with E-state index in [4.69, 9.17) is 0 Å². The van der Waals surface area contributed by atoms with Crippen molar-refractivity contribution in [3.63, 3.8) is 0 Å². The summed E-state index contributed by atoms with van der Waals surface area (Å²) in [7, 11) is 0. The highest BCUT2D eigenvalue weighted by Gasteiger charge is 2.66. The third-order valence-electron chi connectivity index (χ3n) is 6.28. The van der Waals surface area contributed by atoms with Crippen LogP contribution in [0.1, 0.15) is 71.6 Å². The number of hydrogen-bond acceptors (Lipinski definition) is 1. The first-order valence-electron chi connectivity index (χ1n) is 9.10. The molecular formula is C18H33N. The molecule has 0 amide bonds. The molecule has 0 saturated heterocycles. The maximum atomic E-state index is 3.91. The van der Waals surface area contributed by atoms with Gasteiger partial charge >= 0.3 is 0 Å². The van der Waals surface area contributed by atoms with Crippen LogP contribution >= 0.6 is 0 Å². The van der Waals surface area contributed by atoms with Gasteiger partial charge in [0, 0.05) is 6.04 Å². The zero-order chi connectivity index (χ0) is 13.2. The molecule has 3 aliphatic carbocycles. The maximum absolute atomic E-state index is 3.91. The minimum Gasteiger partial charge on any atom is -0.314 e. The predicted molar refractivity (Wildman–Crippen MR) is 82.1 cm³/mol. The minimum absolute atomic E-state index is 0.871. The molecule has 2 bridgehead atoms. The molecule has 0 aliphatic heterocycles. The fraction of sp³-hybridized carbons (Fsp3) is 1.00. The van der Waals surface area contributed by atoms with Crippen molar-refractivity contribution in [3.05, 3.63) is 0 Å². The predicted octanol–water partition coefficient (Wildman–Crippen LogP) is 4.62. The van der Waals surface area contributed by atoms with Gasteiger partial charge in [0.15, 0.2) is 0 Å². The Kier molecular flexibility index (Phi) is 4.51. The Bertz CT molecular complexity index is 271. The molecule has 0 spiro atoms. The summed E-state index contributed by atoms with van der Waals surface area (Å²) in [5.41, 5.74) is 0. The van der Waals surface area contributed by atoms with Crippen molar-refractivity contribution >= 4 is 0 Å². The lowest BCUT2D eigenvalue weighted by atomic mass is 9.94. The van der Waals surface area contributed by atoms with Crippen LogP contribution in [0.15, 0.2) is 0 Å². The number of hydrogen-bond donors (Lipinski definition) is 1. The first-order valence-corrected chi connectivity index (χ1v) is 9.10. The summed E-state index contributed by atoms with van der Waals surface area (Å²) in [5.74, 6) is 5.67. The van der Waals surface area contributed by atoms with E-state index in [0.717, 1.165) is 35.6 Å². The molecule has 0 aromatic heterocycles. The molecule has 0 aromatic rings. The second-order valence-corrected chi connectivity index (χ2v) is 7.48. The molecule has 19 heavy (non-hydrogen) atoms. The van der Waals surface area contributed by atoms with Gasteiger partial charge in [0.25, 0.3) is 0 Å². The number of nitrogens with one attached hydrogen (secondary N) is 1. The fourth-order valence-electron chi connectivity index (χ4n) is 5.48. The molecule has 1 heteroatoms. The largest absolute Gasteiger partial charge is 0.314 e. The van der Waals surface area contributed by atoms with E-state index in [9.17, 15) is 0 Å². The Labute approximate surface area is 119 Å². The van der Waals surface area contributed by atoms with Gasteiger partial charge in [-0.2, -0.15) is 0 Å². The second-order valence-electron chi connectivity index (χ2n) is 7.48. The van der Waals surface area contributed by atoms with Gasteiger partial charge in [-0.05, 0) is 68.2 Å². The highest BCUT2D eigenvalue weighted by atomic mass is 14.9. The fourth-order valence-corrected chi connectivity index (χ4v) is 5.48. The first-order chi connectivity index (χ1) is 9.36. The number of fused-ring (bicyclic) bond motifs is 5. The molecule has 0 heterocycles. The van der Waals surface area contributed by atoms with E-state index in [1.54, 1.807) is 19.3 Å². The molecule has 110 valence electrons. The van der Waals surface area contributed by atoms with Gasteiger partial charge in [-0.3, -0.25) is 0 Å². The molecule has 5 unspecified atom stereocenters. The molecule has 0 aromatic carbocycles. The highest BCUT2D eigenvalue weighted by molar-refractivity contribution is 5.15. The second kappa shape index (κ2) is 6.16. The lowest BCUT2D eigenvalue weighted by molar-refractivity contribution is 0.340. The van der Waals surface area contributed by atoms with Crippen LogP contribution in [0.3, 0.4) is 0 Å². The van der Waals surface area contributed by atoms with Crippen molar-refractivity contribution in [1.82, 2.24) is 5.32 Å². The van der Waals surface area contributed by atoms with Gasteiger partial charge in [0.1, 0.15) is 0 Å². The van der Waals surface area contributed by atoms with Gasteiger partial charge in [0.05, 0.1) is 0 Å². The van der Waals surface area contributed by atoms with Crippen molar-refractivity contribution in [2.75, 3.05) is 6.54 Å². The van der Waals surface area contributed by atoms with Crippen LogP contribution in [0.5, 0.6) is 0 Å². The Morgan fingerprint density at radius 1 is 0.947 bits per heavy atom. The van der Waals surface area contributed by atoms with Gasteiger partial charge in [-0.1, -0.05) is 39.5 Å². The summed E-state index contributed by atoms with van der Waals surface area (Å²) in [6.07, 6.45) is 13.2. The van der Waals surface area contributed by atoms with Crippen molar-refractivity contribution in [2.45, 2.75) is 77.7 Å². The van der Waals surface area contributed by atoms with E-state index in [1.807, 2.05) is 0 Å². The van der Waals surface area contributed by atoms with Gasteiger partial charge in [0.2, 0.25) is 0 Å². The molecule has 3 aliphatic rings. The summed E-state index contributed by atoms with van der Waals surface area (Å²) < 4.78 is 0. The third-order valence-corrected chi connectivity index (χ3v) is 6.28. The molecule has 5 atom stereocenters. The quantitative estimate of drug-likeness (QED) is 0.599. The SMILES string of the molecule is CCCCCCC(NCCC)C1C2C3CCC(C3)C21. The Morgan fingerprint density at radius 3 is 2.32 bits per heavy atom. The van der Waals surface area contributed by atoms with Gasteiger partial charge in [-0.25, -0.2) is 0 Å². The average molecular weight is 263 g/mol. The number of unbranched alkanes of at least 4 members (excludes halogenated alkanes) is 3. The highest BCUT2D eigenvalue weighted by Crippen LogP contribution is 2.70. The van der Waals surface area contributed by atoms with Crippen LogP contribution in [-0.4, -0.2) is 12.6 Å². The van der Waals surface area contributed by atoms with E-state index in [-0.39, 0.29) is 0 Å². The van der Waals surface area contributed by atoms with Crippen LogP contribution in [0.25, 0.3) is 0 Å². The summed E-state index contributed by atoms with van der Waals surface area (Å²) in [4.78, 5) is 0. The van der Waals surface area contributed by atoms with E-state index in [2.05, 4.69) is 19.2 Å². The average Bonchev–Trinajstić information content (AvgIpc) is 2.86. The monoisotopic (exact) mass is 263 g/mol. The first kappa shape index (κ1) is 13.9. The zero-order valence-electron chi connectivity index (χ0n) is 13.0. The van der Waals surface area contributed by atoms with Crippen LogP contribution in [0.2, 0.25) is 0 Å². The molecule has 1 N–H and O–H groups in total. The molecule has 3 rings (SSSR count). The zero-order valence-corrected chi connectivity index (χ0v) is 13.0. The standard InChI is InChI=1S/C18H33N/c1-3-5-6-7-8-15(19-11-4-2)18-16-13-9-10-14(12-13)17(16)18/h13-19H,3-12H2,1-2H3. The summed E-state index contributed by atoms with van der Waals surface area (Å²) >= 11 is 0. The van der Waals surface area contributed by atoms with E-state index in [0.29, 0.717) is 0 Å². The van der Waals surface area contributed by atoms with Crippen molar-refractivity contribution < 1.29 is 0 Å². The molecule has 1 nitrogen and oxygen atoms in total. The summed E-state index contributed by atoms with van der Waals surface area (Å²) in [5, 5.41) is 3.91. The van der Waals surface area contributed by atoms with Gasteiger partial charge < -0.3 is 5.32 Å². The smallest absolute Gasteiger partial charge is 0.0101 e. The Hall–Kier alpha value is -0.0400. The molecular weight excluding hydrogens is 230 g/mol. The number of rotatable bonds is 9. The van der Waals surface area contributed by atoms with E-state index < -0.39 is 0 Å². The Balaban J connectivity index is 1.49. The normalized spacial score (nSPS) is 40.4. The molecule has 0 radical (unpaired) electrons. The van der Waals surface area contributed by atoms with Crippen LogP contribution < -0.4 is 5.32 Å². The maximum Gasteiger partial charge on any atom is 0.0101 e. The van der Waals surface area contributed by atoms with Gasteiger partial charge in [-0.15, -0.1) is 0 Å².